The number of ether oxygens (including phenoxy) is 1. The summed E-state index contributed by atoms with van der Waals surface area (Å²) in [5, 5.41) is 0. The first-order valence-corrected chi connectivity index (χ1v) is 7.43. The lowest BCUT2D eigenvalue weighted by atomic mass is 9.89. The maximum Gasteiger partial charge on any atom is 0.309 e. The molecule has 1 fully saturated rings. The van der Waals surface area contributed by atoms with Crippen LogP contribution in [0.3, 0.4) is 0 Å². The predicted molar refractivity (Wildman–Crippen MR) is 74.4 cm³/mol. The van der Waals surface area contributed by atoms with Gasteiger partial charge in [-0.25, -0.2) is 0 Å². The van der Waals surface area contributed by atoms with Crippen molar-refractivity contribution in [3.63, 3.8) is 0 Å². The van der Waals surface area contributed by atoms with Crippen molar-refractivity contribution in [1.82, 2.24) is 4.90 Å². The average Bonchev–Trinajstić information content (AvgIpc) is 2.55. The lowest BCUT2D eigenvalue weighted by molar-refractivity contribution is -0.148. The number of nitrogens with zero attached hydrogens (tertiary/aromatic N) is 1. The maximum absolute atomic E-state index is 11.6. The minimum Gasteiger partial charge on any atom is -0.466 e. The summed E-state index contributed by atoms with van der Waals surface area (Å²) in [7, 11) is 0. The van der Waals surface area contributed by atoms with Gasteiger partial charge in [0.1, 0.15) is 0 Å². The van der Waals surface area contributed by atoms with Gasteiger partial charge in [0.2, 0.25) is 0 Å². The summed E-state index contributed by atoms with van der Waals surface area (Å²) >= 11 is 0. The highest BCUT2D eigenvalue weighted by Gasteiger charge is 2.22. The second-order valence-electron chi connectivity index (χ2n) is 5.89. The summed E-state index contributed by atoms with van der Waals surface area (Å²) in [6, 6.07) is 0. The molecule has 18 heavy (non-hydrogen) atoms. The van der Waals surface area contributed by atoms with Gasteiger partial charge in [0.15, 0.2) is 0 Å². The van der Waals surface area contributed by atoms with Crippen molar-refractivity contribution in [1.29, 1.82) is 0 Å². The van der Waals surface area contributed by atoms with E-state index in [1.165, 1.54) is 19.3 Å². The molecule has 0 aromatic carbocycles. The van der Waals surface area contributed by atoms with E-state index in [2.05, 4.69) is 18.7 Å². The van der Waals surface area contributed by atoms with Crippen molar-refractivity contribution < 1.29 is 9.53 Å². The summed E-state index contributed by atoms with van der Waals surface area (Å²) in [4.78, 5) is 14.1. The average molecular weight is 255 g/mol. The predicted octanol–water partition coefficient (Wildman–Crippen LogP) is 2.94. The molecule has 0 amide bonds. The second-order valence-corrected chi connectivity index (χ2v) is 5.89. The highest BCUT2D eigenvalue weighted by atomic mass is 16.5. The molecular formula is C15H29NO2. The Morgan fingerprint density at radius 3 is 2.61 bits per heavy atom. The molecule has 0 aliphatic carbocycles. The SMILES string of the molecule is CCOC(=O)C(C)CN1CCCC(C(C)C)CC1. The largest absolute Gasteiger partial charge is 0.466 e. The van der Waals surface area contributed by atoms with E-state index in [0.717, 1.165) is 31.5 Å². The van der Waals surface area contributed by atoms with Gasteiger partial charge in [0.05, 0.1) is 12.5 Å². The van der Waals surface area contributed by atoms with Crippen molar-refractivity contribution in [2.75, 3.05) is 26.2 Å². The molecule has 1 aliphatic rings. The van der Waals surface area contributed by atoms with Crippen LogP contribution in [0.4, 0.5) is 0 Å². The molecule has 0 bridgehead atoms. The van der Waals surface area contributed by atoms with Crippen molar-refractivity contribution in [3.05, 3.63) is 0 Å². The van der Waals surface area contributed by atoms with Crippen LogP contribution in [-0.4, -0.2) is 37.1 Å². The highest BCUT2D eigenvalue weighted by molar-refractivity contribution is 5.72. The Morgan fingerprint density at radius 2 is 2.00 bits per heavy atom. The number of hydrogen-bond acceptors (Lipinski definition) is 3. The molecule has 2 unspecified atom stereocenters. The Hall–Kier alpha value is -0.570. The summed E-state index contributed by atoms with van der Waals surface area (Å²) in [5.74, 6) is 1.59. The van der Waals surface area contributed by atoms with Crippen molar-refractivity contribution in [3.8, 4) is 0 Å². The normalized spacial score (nSPS) is 23.7. The number of hydrogen-bond donors (Lipinski definition) is 0. The molecule has 1 heterocycles. The number of carbonyl (C=O) groups is 1. The molecule has 0 saturated carbocycles. The van der Waals surface area contributed by atoms with E-state index in [4.69, 9.17) is 4.74 Å². The second kappa shape index (κ2) is 7.78. The van der Waals surface area contributed by atoms with Crippen LogP contribution in [0.15, 0.2) is 0 Å². The number of rotatable bonds is 5. The third-order valence-corrected chi connectivity index (χ3v) is 4.03. The van der Waals surface area contributed by atoms with Gasteiger partial charge in [-0.15, -0.1) is 0 Å². The molecule has 0 radical (unpaired) electrons. The topological polar surface area (TPSA) is 29.5 Å². The van der Waals surface area contributed by atoms with E-state index < -0.39 is 0 Å². The van der Waals surface area contributed by atoms with Crippen LogP contribution >= 0.6 is 0 Å². The van der Waals surface area contributed by atoms with Crippen LogP contribution in [0.25, 0.3) is 0 Å². The van der Waals surface area contributed by atoms with Gasteiger partial charge in [-0.3, -0.25) is 4.79 Å². The molecule has 0 aromatic rings. The zero-order valence-corrected chi connectivity index (χ0v) is 12.4. The summed E-state index contributed by atoms with van der Waals surface area (Å²) in [5.41, 5.74) is 0. The van der Waals surface area contributed by atoms with Crippen LogP contribution in [0.5, 0.6) is 0 Å². The van der Waals surface area contributed by atoms with Gasteiger partial charge >= 0.3 is 5.97 Å². The summed E-state index contributed by atoms with van der Waals surface area (Å²) in [6.45, 7) is 12.1. The third kappa shape index (κ3) is 4.97. The molecule has 0 spiro atoms. The molecule has 106 valence electrons. The minimum atomic E-state index is -0.0536. The number of carbonyl (C=O) groups excluding carboxylic acids is 1. The maximum atomic E-state index is 11.6. The van der Waals surface area contributed by atoms with E-state index in [-0.39, 0.29) is 11.9 Å². The molecule has 3 heteroatoms. The van der Waals surface area contributed by atoms with Crippen molar-refractivity contribution >= 4 is 5.97 Å². The molecule has 0 N–H and O–H groups in total. The molecule has 3 nitrogen and oxygen atoms in total. The molecule has 1 rings (SSSR count). The zero-order chi connectivity index (χ0) is 13.5. The van der Waals surface area contributed by atoms with Gasteiger partial charge in [-0.05, 0) is 51.1 Å². The van der Waals surface area contributed by atoms with Crippen LogP contribution < -0.4 is 0 Å². The van der Waals surface area contributed by atoms with Gasteiger partial charge in [0, 0.05) is 6.54 Å². The van der Waals surface area contributed by atoms with Crippen LogP contribution in [0.1, 0.15) is 47.0 Å². The molecule has 2 atom stereocenters. The fourth-order valence-electron chi connectivity index (χ4n) is 2.78. The molecular weight excluding hydrogens is 226 g/mol. The van der Waals surface area contributed by atoms with E-state index in [1.54, 1.807) is 0 Å². The van der Waals surface area contributed by atoms with Gasteiger partial charge in [-0.2, -0.15) is 0 Å². The Balaban J connectivity index is 2.37. The Labute approximate surface area is 112 Å². The smallest absolute Gasteiger partial charge is 0.309 e. The quantitative estimate of drug-likeness (QED) is 0.707. The first-order chi connectivity index (χ1) is 8.54. The lowest BCUT2D eigenvalue weighted by Crippen LogP contribution is -2.33. The first-order valence-electron chi connectivity index (χ1n) is 7.43. The summed E-state index contributed by atoms with van der Waals surface area (Å²) in [6.07, 6.45) is 3.87. The lowest BCUT2D eigenvalue weighted by Gasteiger charge is -2.23. The van der Waals surface area contributed by atoms with Crippen LogP contribution in [-0.2, 0) is 9.53 Å². The Bertz CT molecular complexity index is 253. The highest BCUT2D eigenvalue weighted by Crippen LogP contribution is 2.24. The van der Waals surface area contributed by atoms with Crippen LogP contribution in [0, 0.1) is 17.8 Å². The zero-order valence-electron chi connectivity index (χ0n) is 12.4. The van der Waals surface area contributed by atoms with E-state index >= 15 is 0 Å². The first kappa shape index (κ1) is 15.5. The van der Waals surface area contributed by atoms with Crippen molar-refractivity contribution in [2.24, 2.45) is 17.8 Å². The van der Waals surface area contributed by atoms with Crippen molar-refractivity contribution in [2.45, 2.75) is 47.0 Å². The summed E-state index contributed by atoms with van der Waals surface area (Å²) < 4.78 is 5.07. The Kier molecular flexibility index (Phi) is 6.69. The van der Waals surface area contributed by atoms with E-state index in [1.807, 2.05) is 13.8 Å². The minimum absolute atomic E-state index is 0.000509. The number of likely N-dealkylation sites (tertiary alicyclic amines) is 1. The van der Waals surface area contributed by atoms with E-state index in [9.17, 15) is 4.79 Å². The molecule has 1 saturated heterocycles. The molecule has 0 aromatic heterocycles. The third-order valence-electron chi connectivity index (χ3n) is 4.03. The standard InChI is InChI=1S/C15H29NO2/c1-5-18-15(17)13(4)11-16-9-6-7-14(8-10-16)12(2)3/h12-14H,5-11H2,1-4H3. The van der Waals surface area contributed by atoms with Gasteiger partial charge in [0.25, 0.3) is 0 Å². The van der Waals surface area contributed by atoms with Crippen LogP contribution in [0.2, 0.25) is 0 Å². The van der Waals surface area contributed by atoms with Gasteiger partial charge in [-0.1, -0.05) is 20.8 Å². The number of esters is 1. The fraction of sp³-hybridized carbons (Fsp3) is 0.933. The monoisotopic (exact) mass is 255 g/mol. The molecule has 1 aliphatic heterocycles. The van der Waals surface area contributed by atoms with E-state index in [0.29, 0.717) is 6.61 Å². The van der Waals surface area contributed by atoms with Gasteiger partial charge < -0.3 is 9.64 Å². The Morgan fingerprint density at radius 1 is 1.28 bits per heavy atom. The fourth-order valence-corrected chi connectivity index (χ4v) is 2.78.